The molecule has 0 radical (unpaired) electrons. The zero-order valence-electron chi connectivity index (χ0n) is 13.0. The van der Waals surface area contributed by atoms with E-state index in [1.807, 2.05) is 12.1 Å². The average molecular weight is 335 g/mol. The summed E-state index contributed by atoms with van der Waals surface area (Å²) in [6.45, 7) is 2.39. The summed E-state index contributed by atoms with van der Waals surface area (Å²) < 4.78 is 33.1. The second-order valence-electron chi connectivity index (χ2n) is 5.13. The zero-order valence-corrected chi connectivity index (χ0v) is 13.8. The first-order valence-electron chi connectivity index (χ1n) is 7.47. The average Bonchev–Trinajstić information content (AvgIpc) is 3.04. The Labute approximate surface area is 136 Å². The van der Waals surface area contributed by atoms with Gasteiger partial charge >= 0.3 is 0 Å². The third kappa shape index (κ3) is 5.14. The molecule has 6 nitrogen and oxygen atoms in total. The van der Waals surface area contributed by atoms with E-state index in [2.05, 4.69) is 16.6 Å². The molecule has 0 saturated heterocycles. The van der Waals surface area contributed by atoms with Crippen LogP contribution in [-0.4, -0.2) is 14.4 Å². The molecule has 124 valence electrons. The minimum atomic E-state index is -3.82. The molecule has 0 spiro atoms. The zero-order chi connectivity index (χ0) is 16.7. The van der Waals surface area contributed by atoms with Crippen molar-refractivity contribution in [1.82, 2.24) is 5.32 Å². The highest BCUT2D eigenvalue weighted by Crippen LogP contribution is 2.14. The van der Waals surface area contributed by atoms with E-state index in [0.717, 1.165) is 24.8 Å². The number of nitrogens with two attached hydrogens (primary N) is 1. The Balaban J connectivity index is 2.03. The standard InChI is InChI=1S/C16H21N3O3S/c1-2-3-5-13-7-9-15(10-8-13)23(20,21)19-16(17)18-12-14-6-4-11-22-14/h4,6-11H,2-3,5,12H2,1H3,(H3,17,18,19). The van der Waals surface area contributed by atoms with Gasteiger partial charge in [-0.2, -0.15) is 8.42 Å². The van der Waals surface area contributed by atoms with Gasteiger partial charge in [0.25, 0.3) is 10.0 Å². The smallest absolute Gasteiger partial charge is 0.285 e. The van der Waals surface area contributed by atoms with Crippen molar-refractivity contribution in [3.05, 3.63) is 54.0 Å². The Hall–Kier alpha value is -2.28. The molecule has 7 heteroatoms. The van der Waals surface area contributed by atoms with E-state index in [4.69, 9.17) is 10.2 Å². The maximum atomic E-state index is 12.2. The van der Waals surface area contributed by atoms with Gasteiger partial charge in [0, 0.05) is 0 Å². The van der Waals surface area contributed by atoms with E-state index < -0.39 is 10.0 Å². The van der Waals surface area contributed by atoms with Crippen LogP contribution in [0.1, 0.15) is 31.1 Å². The topological polar surface area (TPSA) is 97.7 Å². The fourth-order valence-electron chi connectivity index (χ4n) is 2.01. The Bertz CT molecular complexity index is 735. The lowest BCUT2D eigenvalue weighted by atomic mass is 10.1. The number of aryl methyl sites for hydroxylation is 1. The van der Waals surface area contributed by atoms with Gasteiger partial charge in [-0.05, 0) is 42.7 Å². The van der Waals surface area contributed by atoms with Gasteiger partial charge in [0.15, 0.2) is 0 Å². The summed E-state index contributed by atoms with van der Waals surface area (Å²) in [5, 5.41) is 2.71. The molecule has 2 aromatic rings. The fraction of sp³-hybridized carbons (Fsp3) is 0.312. The number of hydrogen-bond donors (Lipinski definition) is 2. The van der Waals surface area contributed by atoms with E-state index in [1.165, 1.54) is 6.26 Å². The van der Waals surface area contributed by atoms with Crippen LogP contribution in [0.25, 0.3) is 0 Å². The first-order chi connectivity index (χ1) is 11.0. The quantitative estimate of drug-likeness (QED) is 0.598. The van der Waals surface area contributed by atoms with Gasteiger partial charge in [-0.1, -0.05) is 25.5 Å². The van der Waals surface area contributed by atoms with Gasteiger partial charge in [0.05, 0.1) is 17.7 Å². The monoisotopic (exact) mass is 335 g/mol. The number of nitrogens with one attached hydrogen (secondary N) is 1. The highest BCUT2D eigenvalue weighted by molar-refractivity contribution is 7.90. The number of benzene rings is 1. The van der Waals surface area contributed by atoms with Crippen molar-refractivity contribution in [3.63, 3.8) is 0 Å². The molecule has 0 fully saturated rings. The molecule has 3 N–H and O–H groups in total. The normalized spacial score (nSPS) is 12.3. The molecular formula is C16H21N3O3S. The van der Waals surface area contributed by atoms with Crippen LogP contribution < -0.4 is 11.1 Å². The third-order valence-electron chi connectivity index (χ3n) is 3.28. The lowest BCUT2D eigenvalue weighted by Crippen LogP contribution is -2.31. The van der Waals surface area contributed by atoms with Gasteiger partial charge in [-0.3, -0.25) is 0 Å². The van der Waals surface area contributed by atoms with Gasteiger partial charge < -0.3 is 15.5 Å². The minimum absolute atomic E-state index is 0.125. The summed E-state index contributed by atoms with van der Waals surface area (Å²) in [6, 6.07) is 10.2. The summed E-state index contributed by atoms with van der Waals surface area (Å²) in [7, 11) is -3.82. The molecule has 1 heterocycles. The van der Waals surface area contributed by atoms with E-state index in [1.54, 1.807) is 24.3 Å². The largest absolute Gasteiger partial charge is 0.467 e. The molecule has 1 aromatic heterocycles. The molecular weight excluding hydrogens is 314 g/mol. The van der Waals surface area contributed by atoms with Crippen LogP contribution in [0, 0.1) is 0 Å². The van der Waals surface area contributed by atoms with Crippen molar-refractivity contribution >= 4 is 16.0 Å². The van der Waals surface area contributed by atoms with Crippen LogP contribution in [0.15, 0.2) is 56.4 Å². The summed E-state index contributed by atoms with van der Waals surface area (Å²) >= 11 is 0. The van der Waals surface area contributed by atoms with Gasteiger partial charge in [0.2, 0.25) is 5.96 Å². The van der Waals surface area contributed by atoms with Crippen LogP contribution >= 0.6 is 0 Å². The first kappa shape index (κ1) is 17.1. The Kier molecular flexibility index (Phi) is 5.81. The molecule has 0 amide bonds. The Morgan fingerprint density at radius 1 is 1.26 bits per heavy atom. The van der Waals surface area contributed by atoms with Crippen molar-refractivity contribution in [1.29, 1.82) is 0 Å². The lowest BCUT2D eigenvalue weighted by molar-refractivity contribution is 0.503. The number of nitrogens with zero attached hydrogens (tertiary/aromatic N) is 1. The molecule has 23 heavy (non-hydrogen) atoms. The number of sulfonamides is 1. The second kappa shape index (κ2) is 7.82. The Morgan fingerprint density at radius 3 is 2.61 bits per heavy atom. The van der Waals surface area contributed by atoms with E-state index >= 15 is 0 Å². The van der Waals surface area contributed by atoms with E-state index in [0.29, 0.717) is 5.76 Å². The van der Waals surface area contributed by atoms with Crippen molar-refractivity contribution in [2.24, 2.45) is 10.1 Å². The highest BCUT2D eigenvalue weighted by atomic mass is 32.2. The number of hydrogen-bond acceptors (Lipinski definition) is 3. The maximum absolute atomic E-state index is 12.2. The minimum Gasteiger partial charge on any atom is -0.467 e. The predicted octanol–water partition coefficient (Wildman–Crippen LogP) is 2.42. The number of unbranched alkanes of at least 4 members (excludes halogenated alkanes) is 1. The molecule has 2 rings (SSSR count). The molecule has 0 aliphatic heterocycles. The van der Waals surface area contributed by atoms with E-state index in [-0.39, 0.29) is 17.4 Å². The van der Waals surface area contributed by atoms with Crippen LogP contribution in [-0.2, 0) is 23.0 Å². The Morgan fingerprint density at radius 2 is 2.00 bits per heavy atom. The van der Waals surface area contributed by atoms with Crippen LogP contribution in [0.4, 0.5) is 0 Å². The molecule has 0 bridgehead atoms. The van der Waals surface area contributed by atoms with Crippen LogP contribution in [0.3, 0.4) is 0 Å². The summed E-state index contributed by atoms with van der Waals surface area (Å²) in [6.07, 6.45) is 4.64. The number of guanidine groups is 1. The predicted molar refractivity (Wildman–Crippen MR) is 89.4 cm³/mol. The summed E-state index contributed by atoms with van der Waals surface area (Å²) in [4.78, 5) is 0.125. The van der Waals surface area contributed by atoms with Gasteiger partial charge in [-0.15, -0.1) is 4.40 Å². The molecule has 1 aromatic carbocycles. The van der Waals surface area contributed by atoms with Crippen molar-refractivity contribution in [2.45, 2.75) is 37.6 Å². The molecule has 0 aliphatic carbocycles. The van der Waals surface area contributed by atoms with Gasteiger partial charge in [-0.25, -0.2) is 0 Å². The molecule has 0 atom stereocenters. The van der Waals surface area contributed by atoms with Crippen LogP contribution in [0.5, 0.6) is 0 Å². The first-order valence-corrected chi connectivity index (χ1v) is 8.91. The maximum Gasteiger partial charge on any atom is 0.285 e. The second-order valence-corrected chi connectivity index (χ2v) is 6.74. The summed E-state index contributed by atoms with van der Waals surface area (Å²) in [5.74, 6) is 0.470. The van der Waals surface area contributed by atoms with Crippen molar-refractivity contribution < 1.29 is 12.8 Å². The summed E-state index contributed by atoms with van der Waals surface area (Å²) in [5.41, 5.74) is 6.74. The van der Waals surface area contributed by atoms with Crippen molar-refractivity contribution in [2.75, 3.05) is 0 Å². The fourth-order valence-corrected chi connectivity index (χ4v) is 2.92. The molecule has 0 saturated carbocycles. The SMILES string of the molecule is CCCCc1ccc(S(=O)(=O)/N=C(/N)NCc2ccco2)cc1. The van der Waals surface area contributed by atoms with Crippen LogP contribution in [0.2, 0.25) is 0 Å². The van der Waals surface area contributed by atoms with Crippen molar-refractivity contribution in [3.8, 4) is 0 Å². The number of furan rings is 1. The van der Waals surface area contributed by atoms with E-state index in [9.17, 15) is 8.42 Å². The van der Waals surface area contributed by atoms with Gasteiger partial charge in [0.1, 0.15) is 5.76 Å². The molecule has 0 aliphatic rings. The highest BCUT2D eigenvalue weighted by Gasteiger charge is 2.13. The number of rotatable bonds is 7. The lowest BCUT2D eigenvalue weighted by Gasteiger charge is -2.05. The third-order valence-corrected chi connectivity index (χ3v) is 4.59. The molecule has 0 unspecified atom stereocenters.